The number of aryl methyl sites for hydroxylation is 1. The van der Waals surface area contributed by atoms with Crippen molar-refractivity contribution in [2.24, 2.45) is 5.84 Å². The van der Waals surface area contributed by atoms with Gasteiger partial charge >= 0.3 is 0 Å². The highest BCUT2D eigenvalue weighted by Crippen LogP contribution is 2.28. The van der Waals surface area contributed by atoms with Gasteiger partial charge in [-0.3, -0.25) is 11.3 Å². The maximum atomic E-state index is 5.78. The van der Waals surface area contributed by atoms with Gasteiger partial charge in [-0.05, 0) is 57.6 Å². The van der Waals surface area contributed by atoms with E-state index in [9.17, 15) is 0 Å². The van der Waals surface area contributed by atoms with Crippen LogP contribution in [0.1, 0.15) is 29.7 Å². The van der Waals surface area contributed by atoms with Crippen LogP contribution < -0.4 is 16.0 Å². The fourth-order valence-electron chi connectivity index (χ4n) is 2.53. The van der Waals surface area contributed by atoms with Gasteiger partial charge in [0.15, 0.2) is 0 Å². The van der Waals surface area contributed by atoms with Gasteiger partial charge in [-0.25, -0.2) is 0 Å². The fraction of sp³-hybridized carbons (Fsp3) is 0.294. The van der Waals surface area contributed by atoms with E-state index < -0.39 is 0 Å². The molecule has 0 aliphatic rings. The summed E-state index contributed by atoms with van der Waals surface area (Å²) in [5.74, 6) is 6.62. The molecule has 0 saturated carbocycles. The van der Waals surface area contributed by atoms with Crippen LogP contribution in [-0.2, 0) is 12.8 Å². The number of halogens is 1. The minimum atomic E-state index is 0.0986. The van der Waals surface area contributed by atoms with E-state index in [4.69, 9.17) is 10.6 Å². The summed E-state index contributed by atoms with van der Waals surface area (Å²) >= 11 is 3.53. The summed E-state index contributed by atoms with van der Waals surface area (Å²) in [6, 6.07) is 14.6. The molecular weight excluding hydrogens is 328 g/mol. The van der Waals surface area contributed by atoms with Gasteiger partial charge < -0.3 is 4.74 Å². The summed E-state index contributed by atoms with van der Waals surface area (Å²) in [4.78, 5) is 0. The topological polar surface area (TPSA) is 47.3 Å². The SMILES string of the molecule is CCc1ccccc1C(Cc1ccc(OC)c(Br)c1)NN. The van der Waals surface area contributed by atoms with Crippen LogP contribution >= 0.6 is 15.9 Å². The molecule has 2 rings (SSSR count). The lowest BCUT2D eigenvalue weighted by Gasteiger charge is -2.20. The van der Waals surface area contributed by atoms with Gasteiger partial charge in [0.25, 0.3) is 0 Å². The van der Waals surface area contributed by atoms with Crippen LogP contribution in [-0.4, -0.2) is 7.11 Å². The van der Waals surface area contributed by atoms with Crippen LogP contribution in [0.25, 0.3) is 0 Å². The molecule has 3 N–H and O–H groups in total. The van der Waals surface area contributed by atoms with E-state index in [-0.39, 0.29) is 6.04 Å². The molecule has 0 aliphatic heterocycles. The quantitative estimate of drug-likeness (QED) is 0.617. The average Bonchev–Trinajstić information content (AvgIpc) is 2.52. The van der Waals surface area contributed by atoms with Gasteiger partial charge in [-0.1, -0.05) is 37.3 Å². The molecule has 0 heterocycles. The molecule has 0 aliphatic carbocycles. The lowest BCUT2D eigenvalue weighted by Crippen LogP contribution is -2.30. The Balaban J connectivity index is 2.25. The molecule has 0 radical (unpaired) electrons. The van der Waals surface area contributed by atoms with E-state index in [2.05, 4.69) is 64.7 Å². The Hall–Kier alpha value is -1.36. The van der Waals surface area contributed by atoms with Crippen molar-refractivity contribution in [1.29, 1.82) is 0 Å². The van der Waals surface area contributed by atoms with Crippen LogP contribution in [0.4, 0.5) is 0 Å². The highest BCUT2D eigenvalue weighted by molar-refractivity contribution is 9.10. The Bertz CT molecular complexity index is 601. The second-order valence-corrected chi connectivity index (χ2v) is 5.80. The number of hydrogen-bond acceptors (Lipinski definition) is 3. The molecule has 0 saturated heterocycles. The summed E-state index contributed by atoms with van der Waals surface area (Å²) in [6.07, 6.45) is 1.83. The monoisotopic (exact) mass is 348 g/mol. The van der Waals surface area contributed by atoms with Crippen molar-refractivity contribution >= 4 is 15.9 Å². The molecule has 1 atom stereocenters. The first-order valence-corrected chi connectivity index (χ1v) is 7.85. The van der Waals surface area contributed by atoms with E-state index in [1.54, 1.807) is 7.11 Å². The van der Waals surface area contributed by atoms with Crippen LogP contribution in [0.15, 0.2) is 46.9 Å². The summed E-state index contributed by atoms with van der Waals surface area (Å²) in [5, 5.41) is 0. The second kappa shape index (κ2) is 7.59. The van der Waals surface area contributed by atoms with Gasteiger partial charge in [0.2, 0.25) is 0 Å². The predicted octanol–water partition coefficient (Wildman–Crippen LogP) is 3.77. The van der Waals surface area contributed by atoms with Crippen LogP contribution in [0.3, 0.4) is 0 Å². The van der Waals surface area contributed by atoms with Crippen LogP contribution in [0.2, 0.25) is 0 Å². The van der Waals surface area contributed by atoms with E-state index in [0.29, 0.717) is 0 Å². The van der Waals surface area contributed by atoms with Crippen LogP contribution in [0.5, 0.6) is 5.75 Å². The molecule has 0 spiro atoms. The third-order valence-electron chi connectivity index (χ3n) is 3.67. The van der Waals surface area contributed by atoms with Crippen molar-refractivity contribution in [2.75, 3.05) is 7.11 Å². The number of methoxy groups -OCH3 is 1. The second-order valence-electron chi connectivity index (χ2n) is 4.94. The number of nitrogens with one attached hydrogen (secondary N) is 1. The van der Waals surface area contributed by atoms with Gasteiger partial charge in [-0.15, -0.1) is 0 Å². The number of nitrogens with two attached hydrogens (primary N) is 1. The Morgan fingerprint density at radius 3 is 2.62 bits per heavy atom. The fourth-order valence-corrected chi connectivity index (χ4v) is 3.12. The van der Waals surface area contributed by atoms with Gasteiger partial charge in [0, 0.05) is 0 Å². The van der Waals surface area contributed by atoms with Crippen molar-refractivity contribution in [3.63, 3.8) is 0 Å². The van der Waals surface area contributed by atoms with Crippen molar-refractivity contribution in [3.05, 3.63) is 63.6 Å². The summed E-state index contributed by atoms with van der Waals surface area (Å²) in [6.45, 7) is 2.16. The Morgan fingerprint density at radius 2 is 2.00 bits per heavy atom. The Kier molecular flexibility index (Phi) is 5.79. The van der Waals surface area contributed by atoms with E-state index in [1.165, 1.54) is 16.7 Å². The van der Waals surface area contributed by atoms with Gasteiger partial charge in [0.05, 0.1) is 17.6 Å². The van der Waals surface area contributed by atoms with Crippen molar-refractivity contribution < 1.29 is 4.74 Å². The summed E-state index contributed by atoms with van der Waals surface area (Å²) in [5.41, 5.74) is 6.73. The molecule has 0 amide bonds. The molecule has 112 valence electrons. The Labute approximate surface area is 134 Å². The number of hydrazine groups is 1. The normalized spacial score (nSPS) is 12.2. The zero-order valence-corrected chi connectivity index (χ0v) is 14.0. The molecule has 21 heavy (non-hydrogen) atoms. The lowest BCUT2D eigenvalue weighted by molar-refractivity contribution is 0.412. The third-order valence-corrected chi connectivity index (χ3v) is 4.29. The first kappa shape index (κ1) is 16.0. The minimum Gasteiger partial charge on any atom is -0.496 e. The number of ether oxygens (including phenoxy) is 1. The molecule has 1 unspecified atom stereocenters. The molecular formula is C17H21BrN2O. The number of benzene rings is 2. The average molecular weight is 349 g/mol. The van der Waals surface area contributed by atoms with Crippen molar-refractivity contribution in [1.82, 2.24) is 5.43 Å². The zero-order chi connectivity index (χ0) is 15.2. The molecule has 0 aromatic heterocycles. The van der Waals surface area contributed by atoms with Crippen molar-refractivity contribution in [2.45, 2.75) is 25.8 Å². The highest BCUT2D eigenvalue weighted by atomic mass is 79.9. The maximum absolute atomic E-state index is 5.78. The van der Waals surface area contributed by atoms with Crippen molar-refractivity contribution in [3.8, 4) is 5.75 Å². The molecule has 0 bridgehead atoms. The van der Waals surface area contributed by atoms with Crippen LogP contribution in [0, 0.1) is 0 Å². The first-order chi connectivity index (χ1) is 10.2. The maximum Gasteiger partial charge on any atom is 0.133 e. The number of rotatable bonds is 6. The molecule has 2 aromatic carbocycles. The van der Waals surface area contributed by atoms with E-state index in [0.717, 1.165) is 23.1 Å². The summed E-state index contributed by atoms with van der Waals surface area (Å²) < 4.78 is 6.23. The predicted molar refractivity (Wildman–Crippen MR) is 90.3 cm³/mol. The lowest BCUT2D eigenvalue weighted by atomic mass is 9.94. The highest BCUT2D eigenvalue weighted by Gasteiger charge is 2.14. The molecule has 0 fully saturated rings. The van der Waals surface area contributed by atoms with Gasteiger partial charge in [-0.2, -0.15) is 0 Å². The van der Waals surface area contributed by atoms with E-state index >= 15 is 0 Å². The van der Waals surface area contributed by atoms with Gasteiger partial charge in [0.1, 0.15) is 5.75 Å². The molecule has 4 heteroatoms. The molecule has 2 aromatic rings. The summed E-state index contributed by atoms with van der Waals surface area (Å²) in [7, 11) is 1.67. The third kappa shape index (κ3) is 3.84. The smallest absolute Gasteiger partial charge is 0.133 e. The molecule has 3 nitrogen and oxygen atoms in total. The Morgan fingerprint density at radius 1 is 1.24 bits per heavy atom. The minimum absolute atomic E-state index is 0.0986. The number of hydrogen-bond donors (Lipinski definition) is 2. The standard InChI is InChI=1S/C17H21BrN2O/c1-3-13-6-4-5-7-14(13)16(20-19)11-12-8-9-17(21-2)15(18)10-12/h4-10,16,20H,3,11,19H2,1-2H3. The zero-order valence-electron chi connectivity index (χ0n) is 12.4. The largest absolute Gasteiger partial charge is 0.496 e. The first-order valence-electron chi connectivity index (χ1n) is 7.06. The van der Waals surface area contributed by atoms with E-state index in [1.807, 2.05) is 6.07 Å².